The third-order valence-corrected chi connectivity index (χ3v) is 1.99. The van der Waals surface area contributed by atoms with E-state index in [1.165, 1.54) is 0 Å². The quantitative estimate of drug-likeness (QED) is 0.730. The largest absolute Gasteiger partial charge is 0.316 e. The van der Waals surface area contributed by atoms with Gasteiger partial charge in [-0.05, 0) is 18.7 Å². The lowest BCUT2D eigenvalue weighted by Gasteiger charge is -2.12. The molecule has 14 heavy (non-hydrogen) atoms. The fourth-order valence-electron chi connectivity index (χ4n) is 1.10. The van der Waals surface area contributed by atoms with Gasteiger partial charge in [-0.3, -0.25) is 14.9 Å². The number of hydrogen-bond donors (Lipinski definition) is 2. The molecule has 1 amide bonds. The molecule has 1 aromatic heterocycles. The van der Waals surface area contributed by atoms with Crippen molar-refractivity contribution >= 4 is 5.91 Å². The number of nitrogens with one attached hydrogen (secondary N) is 2. The van der Waals surface area contributed by atoms with Crippen molar-refractivity contribution in [1.82, 2.24) is 9.99 Å². The lowest BCUT2D eigenvalue weighted by Crippen LogP contribution is -2.33. The molecule has 1 unspecified atom stereocenters. The maximum atomic E-state index is 11.5. The average molecular weight is 195 g/mol. The van der Waals surface area contributed by atoms with Crippen molar-refractivity contribution in [2.75, 3.05) is 18.5 Å². The summed E-state index contributed by atoms with van der Waals surface area (Å²) in [4.78, 5) is 11.5. The minimum Gasteiger partial charge on any atom is -0.316 e. The van der Waals surface area contributed by atoms with Gasteiger partial charge in [-0.15, -0.1) is 0 Å². The Hall–Kier alpha value is -1.29. The van der Waals surface area contributed by atoms with Gasteiger partial charge in [0.2, 0.25) is 5.91 Å². The summed E-state index contributed by atoms with van der Waals surface area (Å²) in [5, 5.41) is 3.14. The highest BCUT2D eigenvalue weighted by atomic mass is 16.2. The molecule has 0 bridgehead atoms. The third kappa shape index (κ3) is 3.22. The standard InChI is InChI=1S/C10H17N3O/c1-3-11-8-9(2)10(14)12-13-6-4-5-7-13/h4-7,9,11H,3,8H2,1-2H3,(H,12,14). The topological polar surface area (TPSA) is 46.1 Å². The van der Waals surface area contributed by atoms with Crippen LogP contribution < -0.4 is 10.7 Å². The van der Waals surface area contributed by atoms with Gasteiger partial charge in [0.05, 0.1) is 0 Å². The van der Waals surface area contributed by atoms with Crippen molar-refractivity contribution < 1.29 is 4.79 Å². The Morgan fingerprint density at radius 1 is 1.43 bits per heavy atom. The van der Waals surface area contributed by atoms with Crippen LogP contribution in [0.4, 0.5) is 0 Å². The second-order valence-electron chi connectivity index (χ2n) is 3.28. The summed E-state index contributed by atoms with van der Waals surface area (Å²) in [5.74, 6) is 0.0134. The Morgan fingerprint density at radius 3 is 2.64 bits per heavy atom. The summed E-state index contributed by atoms with van der Waals surface area (Å²) in [7, 11) is 0. The van der Waals surface area contributed by atoms with Gasteiger partial charge in [-0.1, -0.05) is 13.8 Å². The first-order valence-electron chi connectivity index (χ1n) is 4.88. The van der Waals surface area contributed by atoms with E-state index in [0.717, 1.165) is 6.54 Å². The zero-order chi connectivity index (χ0) is 10.4. The molecule has 4 heteroatoms. The van der Waals surface area contributed by atoms with E-state index in [0.29, 0.717) is 6.54 Å². The van der Waals surface area contributed by atoms with Crippen LogP contribution in [-0.4, -0.2) is 23.7 Å². The lowest BCUT2D eigenvalue weighted by molar-refractivity contribution is -0.120. The molecule has 0 saturated heterocycles. The van der Waals surface area contributed by atoms with Crippen LogP contribution in [0.2, 0.25) is 0 Å². The van der Waals surface area contributed by atoms with Gasteiger partial charge in [0, 0.05) is 24.9 Å². The van der Waals surface area contributed by atoms with Gasteiger partial charge in [0.1, 0.15) is 0 Å². The molecule has 0 aromatic carbocycles. The van der Waals surface area contributed by atoms with Crippen LogP contribution in [0.5, 0.6) is 0 Å². The SMILES string of the molecule is CCNCC(C)C(=O)Nn1cccc1. The van der Waals surface area contributed by atoms with E-state index < -0.39 is 0 Å². The zero-order valence-corrected chi connectivity index (χ0v) is 8.66. The second-order valence-corrected chi connectivity index (χ2v) is 3.28. The molecule has 2 N–H and O–H groups in total. The Balaban J connectivity index is 2.34. The van der Waals surface area contributed by atoms with Gasteiger partial charge in [0.15, 0.2) is 0 Å². The summed E-state index contributed by atoms with van der Waals surface area (Å²) in [5.41, 5.74) is 2.77. The molecular formula is C10H17N3O. The van der Waals surface area contributed by atoms with E-state index in [1.807, 2.05) is 26.0 Å². The maximum absolute atomic E-state index is 11.5. The van der Waals surface area contributed by atoms with Crippen LogP contribution in [-0.2, 0) is 4.79 Å². The monoisotopic (exact) mass is 195 g/mol. The van der Waals surface area contributed by atoms with Crippen LogP contribution in [0.25, 0.3) is 0 Å². The van der Waals surface area contributed by atoms with Crippen molar-refractivity contribution in [1.29, 1.82) is 0 Å². The highest BCUT2D eigenvalue weighted by Gasteiger charge is 2.11. The van der Waals surface area contributed by atoms with E-state index in [1.54, 1.807) is 17.1 Å². The first kappa shape index (κ1) is 10.8. The van der Waals surface area contributed by atoms with Crippen molar-refractivity contribution in [2.45, 2.75) is 13.8 Å². The molecule has 1 aromatic rings. The van der Waals surface area contributed by atoms with Gasteiger partial charge in [0.25, 0.3) is 0 Å². The fraction of sp³-hybridized carbons (Fsp3) is 0.500. The Kier molecular flexibility index (Phi) is 4.19. The molecule has 0 spiro atoms. The highest BCUT2D eigenvalue weighted by Crippen LogP contribution is 1.94. The molecule has 1 rings (SSSR count). The van der Waals surface area contributed by atoms with Gasteiger partial charge < -0.3 is 5.32 Å². The van der Waals surface area contributed by atoms with Crippen LogP contribution in [0.15, 0.2) is 24.5 Å². The predicted octanol–water partition coefficient (Wildman–Crippen LogP) is 0.804. The smallest absolute Gasteiger partial charge is 0.242 e. The number of carbonyl (C=O) groups excluding carboxylic acids is 1. The van der Waals surface area contributed by atoms with Crippen LogP contribution in [0.1, 0.15) is 13.8 Å². The van der Waals surface area contributed by atoms with E-state index >= 15 is 0 Å². The normalized spacial score (nSPS) is 12.4. The molecular weight excluding hydrogens is 178 g/mol. The average Bonchev–Trinajstić information content (AvgIpc) is 2.66. The molecule has 0 aliphatic carbocycles. The van der Waals surface area contributed by atoms with Crippen molar-refractivity contribution in [3.05, 3.63) is 24.5 Å². The molecule has 1 atom stereocenters. The number of aromatic nitrogens is 1. The molecule has 78 valence electrons. The molecule has 0 aliphatic heterocycles. The van der Waals surface area contributed by atoms with E-state index in [-0.39, 0.29) is 11.8 Å². The van der Waals surface area contributed by atoms with E-state index in [9.17, 15) is 4.79 Å². The number of carbonyl (C=O) groups is 1. The Labute approximate surface area is 84.3 Å². The van der Waals surface area contributed by atoms with E-state index in [4.69, 9.17) is 0 Å². The zero-order valence-electron chi connectivity index (χ0n) is 8.66. The Morgan fingerprint density at radius 2 is 2.07 bits per heavy atom. The predicted molar refractivity (Wildman–Crippen MR) is 56.5 cm³/mol. The number of nitrogens with zero attached hydrogens (tertiary/aromatic N) is 1. The van der Waals surface area contributed by atoms with Crippen LogP contribution in [0.3, 0.4) is 0 Å². The fourth-order valence-corrected chi connectivity index (χ4v) is 1.10. The highest BCUT2D eigenvalue weighted by molar-refractivity contribution is 5.85. The first-order valence-corrected chi connectivity index (χ1v) is 4.88. The van der Waals surface area contributed by atoms with E-state index in [2.05, 4.69) is 10.7 Å². The van der Waals surface area contributed by atoms with Crippen LogP contribution >= 0.6 is 0 Å². The summed E-state index contributed by atoms with van der Waals surface area (Å²) < 4.78 is 1.66. The summed E-state index contributed by atoms with van der Waals surface area (Å²) in [6, 6.07) is 3.74. The minimum absolute atomic E-state index is 0.0163. The molecule has 0 aliphatic rings. The number of amides is 1. The van der Waals surface area contributed by atoms with Gasteiger partial charge in [-0.2, -0.15) is 0 Å². The van der Waals surface area contributed by atoms with Gasteiger partial charge >= 0.3 is 0 Å². The minimum atomic E-state index is -0.0163. The van der Waals surface area contributed by atoms with Crippen molar-refractivity contribution in [2.24, 2.45) is 5.92 Å². The summed E-state index contributed by atoms with van der Waals surface area (Å²) >= 11 is 0. The van der Waals surface area contributed by atoms with Crippen molar-refractivity contribution in [3.63, 3.8) is 0 Å². The Bertz CT molecular complexity index is 269. The molecule has 0 radical (unpaired) electrons. The van der Waals surface area contributed by atoms with Crippen molar-refractivity contribution in [3.8, 4) is 0 Å². The molecule has 0 saturated carbocycles. The number of rotatable bonds is 5. The second kappa shape index (κ2) is 5.44. The summed E-state index contributed by atoms with van der Waals surface area (Å²) in [6.07, 6.45) is 3.61. The van der Waals surface area contributed by atoms with Gasteiger partial charge in [-0.25, -0.2) is 0 Å². The molecule has 1 heterocycles. The number of hydrogen-bond acceptors (Lipinski definition) is 2. The first-order chi connectivity index (χ1) is 6.74. The van der Waals surface area contributed by atoms with Crippen LogP contribution in [0, 0.1) is 5.92 Å². The maximum Gasteiger partial charge on any atom is 0.242 e. The lowest BCUT2D eigenvalue weighted by atomic mass is 10.2. The molecule has 4 nitrogen and oxygen atoms in total. The summed E-state index contributed by atoms with van der Waals surface area (Å²) in [6.45, 7) is 5.53. The molecule has 0 fully saturated rings. The third-order valence-electron chi connectivity index (χ3n) is 1.99.